The number of alkyl halides is 3. The van der Waals surface area contributed by atoms with Gasteiger partial charge in [-0.15, -0.1) is 0 Å². The quantitative estimate of drug-likeness (QED) is 0.806. The van der Waals surface area contributed by atoms with E-state index in [1.807, 2.05) is 30.3 Å². The van der Waals surface area contributed by atoms with Gasteiger partial charge in [-0.1, -0.05) is 30.3 Å². The van der Waals surface area contributed by atoms with Gasteiger partial charge >= 0.3 is 6.18 Å². The summed E-state index contributed by atoms with van der Waals surface area (Å²) in [6, 6.07) is 8.59. The fraction of sp³-hybridized carbons (Fsp3) is 0.500. The van der Waals surface area contributed by atoms with Crippen LogP contribution in [-0.4, -0.2) is 42.5 Å². The van der Waals surface area contributed by atoms with E-state index in [-0.39, 0.29) is 0 Å². The topological polar surface area (TPSA) is 58.6 Å². The molecule has 0 fully saturated rings. The van der Waals surface area contributed by atoms with Crippen molar-refractivity contribution in [2.75, 3.05) is 13.2 Å². The van der Waals surface area contributed by atoms with Crippen LogP contribution < -0.4 is 5.32 Å². The average Bonchev–Trinajstić information content (AvgIpc) is 2.38. The molecule has 0 spiro atoms. The van der Waals surface area contributed by atoms with Gasteiger partial charge in [0.05, 0.1) is 12.1 Å². The number of carbonyl (C=O) groups is 1. The van der Waals surface area contributed by atoms with E-state index in [2.05, 4.69) is 10.1 Å². The molecule has 0 radical (unpaired) electrons. The summed E-state index contributed by atoms with van der Waals surface area (Å²) in [6.07, 6.45) is -4.95. The van der Waals surface area contributed by atoms with E-state index in [1.54, 1.807) is 6.92 Å². The molecular formula is C14H18F3NO3. The van der Waals surface area contributed by atoms with Gasteiger partial charge < -0.3 is 15.2 Å². The number of aliphatic hydroxyl groups is 1. The molecular weight excluding hydrogens is 287 g/mol. The van der Waals surface area contributed by atoms with Crippen molar-refractivity contribution in [2.24, 2.45) is 0 Å². The largest absolute Gasteiger partial charge is 0.411 e. The van der Waals surface area contributed by atoms with Gasteiger partial charge in [-0.05, 0) is 12.5 Å². The van der Waals surface area contributed by atoms with Crippen molar-refractivity contribution in [3.8, 4) is 0 Å². The lowest BCUT2D eigenvalue weighted by molar-refractivity contribution is -0.175. The van der Waals surface area contributed by atoms with E-state index >= 15 is 0 Å². The summed E-state index contributed by atoms with van der Waals surface area (Å²) in [5.41, 5.74) is 0.902. The minimum atomic E-state index is -4.46. The van der Waals surface area contributed by atoms with Gasteiger partial charge in [-0.2, -0.15) is 13.2 Å². The summed E-state index contributed by atoms with van der Waals surface area (Å²) in [5, 5.41) is 12.3. The Morgan fingerprint density at radius 2 is 1.95 bits per heavy atom. The zero-order valence-electron chi connectivity index (χ0n) is 11.6. The van der Waals surface area contributed by atoms with E-state index in [9.17, 15) is 23.1 Å². The van der Waals surface area contributed by atoms with Crippen molar-refractivity contribution in [1.29, 1.82) is 0 Å². The van der Waals surface area contributed by atoms with Crippen LogP contribution >= 0.6 is 0 Å². The first kappa shape index (κ1) is 17.5. The lowest BCUT2D eigenvalue weighted by atomic mass is 10.0. The molecule has 118 valence electrons. The van der Waals surface area contributed by atoms with Gasteiger partial charge in [0.2, 0.25) is 5.91 Å². The Kier molecular flexibility index (Phi) is 6.64. The van der Waals surface area contributed by atoms with Crippen molar-refractivity contribution in [3.63, 3.8) is 0 Å². The van der Waals surface area contributed by atoms with E-state index in [1.165, 1.54) is 0 Å². The van der Waals surface area contributed by atoms with Crippen molar-refractivity contribution in [3.05, 3.63) is 35.9 Å². The van der Waals surface area contributed by atoms with Gasteiger partial charge in [0, 0.05) is 6.42 Å². The van der Waals surface area contributed by atoms with E-state index in [0.29, 0.717) is 6.42 Å². The number of hydrogen-bond acceptors (Lipinski definition) is 3. The number of hydrogen-bond donors (Lipinski definition) is 2. The highest BCUT2D eigenvalue weighted by Crippen LogP contribution is 2.14. The first-order valence-electron chi connectivity index (χ1n) is 6.44. The molecule has 1 aromatic carbocycles. The highest BCUT2D eigenvalue weighted by molar-refractivity contribution is 5.77. The molecule has 0 aromatic heterocycles. The van der Waals surface area contributed by atoms with Crippen LogP contribution in [0.1, 0.15) is 12.5 Å². The number of carbonyl (C=O) groups excluding carboxylic acids is 1. The van der Waals surface area contributed by atoms with Crippen LogP contribution in [0.3, 0.4) is 0 Å². The predicted molar refractivity (Wildman–Crippen MR) is 70.6 cm³/mol. The summed E-state index contributed by atoms with van der Waals surface area (Å²) in [6.45, 7) is -0.585. The molecule has 1 rings (SSSR count). The Morgan fingerprint density at radius 3 is 2.52 bits per heavy atom. The van der Waals surface area contributed by atoms with Crippen LogP contribution in [0.2, 0.25) is 0 Å². The first-order chi connectivity index (χ1) is 9.78. The monoisotopic (exact) mass is 305 g/mol. The summed E-state index contributed by atoms with van der Waals surface area (Å²) in [5.74, 6) is -0.695. The second kappa shape index (κ2) is 7.99. The number of benzene rings is 1. The smallest absolute Gasteiger partial charge is 0.391 e. The lowest BCUT2D eigenvalue weighted by Crippen LogP contribution is -2.43. The molecule has 1 aromatic rings. The molecule has 0 saturated heterocycles. The normalized spacial score (nSPS) is 14.5. The molecule has 2 N–H and O–H groups in total. The molecule has 2 unspecified atom stereocenters. The van der Waals surface area contributed by atoms with E-state index in [4.69, 9.17) is 0 Å². The van der Waals surface area contributed by atoms with E-state index < -0.39 is 37.4 Å². The second-order valence-electron chi connectivity index (χ2n) is 4.72. The second-order valence-corrected chi connectivity index (χ2v) is 4.72. The zero-order chi connectivity index (χ0) is 15.9. The van der Waals surface area contributed by atoms with Crippen LogP contribution in [0.15, 0.2) is 30.3 Å². The predicted octanol–water partition coefficient (Wildman–Crippen LogP) is 1.67. The minimum Gasteiger partial charge on any atom is -0.391 e. The van der Waals surface area contributed by atoms with Crippen LogP contribution in [0.5, 0.6) is 0 Å². The summed E-state index contributed by atoms with van der Waals surface area (Å²) in [7, 11) is 0. The molecule has 0 aliphatic heterocycles. The molecule has 0 aliphatic carbocycles. The fourth-order valence-corrected chi connectivity index (χ4v) is 1.68. The van der Waals surface area contributed by atoms with Crippen molar-refractivity contribution >= 4 is 5.91 Å². The Hall–Kier alpha value is -1.60. The third-order valence-electron chi connectivity index (χ3n) is 2.75. The molecule has 0 bridgehead atoms. The molecule has 0 heterocycles. The molecule has 0 saturated carbocycles. The van der Waals surface area contributed by atoms with Gasteiger partial charge in [-0.25, -0.2) is 0 Å². The molecule has 1 amide bonds. The average molecular weight is 305 g/mol. The van der Waals surface area contributed by atoms with Gasteiger partial charge in [0.25, 0.3) is 0 Å². The number of nitrogens with one attached hydrogen (secondary N) is 1. The van der Waals surface area contributed by atoms with Crippen LogP contribution in [0.4, 0.5) is 13.2 Å². The zero-order valence-corrected chi connectivity index (χ0v) is 11.6. The maximum absolute atomic E-state index is 11.8. The van der Waals surface area contributed by atoms with E-state index in [0.717, 1.165) is 5.56 Å². The summed E-state index contributed by atoms with van der Waals surface area (Å²) >= 11 is 0. The molecule has 21 heavy (non-hydrogen) atoms. The maximum atomic E-state index is 11.8. The Balaban J connectivity index is 2.31. The van der Waals surface area contributed by atoms with Crippen LogP contribution in [0.25, 0.3) is 0 Å². The number of ether oxygens (including phenoxy) is 1. The number of amides is 1. The van der Waals surface area contributed by atoms with Crippen LogP contribution in [0, 0.1) is 0 Å². The van der Waals surface area contributed by atoms with Gasteiger partial charge in [0.1, 0.15) is 13.2 Å². The SMILES string of the molecule is CC(NC(=O)COCC(F)(F)F)C(O)Cc1ccccc1. The molecule has 2 atom stereocenters. The fourth-order valence-electron chi connectivity index (χ4n) is 1.68. The third-order valence-corrected chi connectivity index (χ3v) is 2.75. The number of aliphatic hydroxyl groups excluding tert-OH is 1. The lowest BCUT2D eigenvalue weighted by Gasteiger charge is -2.20. The van der Waals surface area contributed by atoms with Crippen molar-refractivity contribution in [1.82, 2.24) is 5.32 Å². The number of halogens is 3. The molecule has 7 heteroatoms. The third kappa shape index (κ3) is 7.67. The highest BCUT2D eigenvalue weighted by Gasteiger charge is 2.28. The standard InChI is InChI=1S/C14H18F3NO3/c1-10(12(19)7-11-5-3-2-4-6-11)18-13(20)8-21-9-14(15,16)17/h2-6,10,12,19H,7-9H2,1H3,(H,18,20). The summed E-state index contributed by atoms with van der Waals surface area (Å²) < 4.78 is 39.8. The highest BCUT2D eigenvalue weighted by atomic mass is 19.4. The number of rotatable bonds is 7. The summed E-state index contributed by atoms with van der Waals surface area (Å²) in [4.78, 5) is 11.4. The van der Waals surface area contributed by atoms with Crippen molar-refractivity contribution < 1.29 is 27.8 Å². The Morgan fingerprint density at radius 1 is 1.33 bits per heavy atom. The Labute approximate surface area is 120 Å². The molecule has 0 aliphatic rings. The Bertz CT molecular complexity index is 437. The maximum Gasteiger partial charge on any atom is 0.411 e. The molecule has 4 nitrogen and oxygen atoms in total. The first-order valence-corrected chi connectivity index (χ1v) is 6.44. The van der Waals surface area contributed by atoms with Gasteiger partial charge in [-0.3, -0.25) is 4.79 Å². The van der Waals surface area contributed by atoms with Gasteiger partial charge in [0.15, 0.2) is 0 Å². The van der Waals surface area contributed by atoms with Crippen LogP contribution in [-0.2, 0) is 16.0 Å². The minimum absolute atomic E-state index is 0.339. The van der Waals surface area contributed by atoms with Crippen molar-refractivity contribution in [2.45, 2.75) is 31.7 Å².